The molecule has 5 heterocycles. The zero-order valence-electron chi connectivity index (χ0n) is 18.4. The number of rotatable bonds is 5. The standard InChI is InChI=1S/C22H27F3N6S/c1-14(2)18(15-8-28-29(3)9-15)31-11-21(12-31)4-5-30(10-21)19-17-6-16(7-22(23,24)25)32-20(17)27-13-26-19/h6,8-9,13-14,18H,4-5,7,10-12H2,1-3H3/t18-/m1/s1. The normalized spacial score (nSPS) is 19.9. The maximum absolute atomic E-state index is 12.9. The van der Waals surface area contributed by atoms with E-state index >= 15 is 0 Å². The summed E-state index contributed by atoms with van der Waals surface area (Å²) in [6.45, 7) is 8.26. The van der Waals surface area contributed by atoms with Crippen molar-refractivity contribution >= 4 is 27.4 Å². The summed E-state index contributed by atoms with van der Waals surface area (Å²) in [6, 6.07) is 1.97. The van der Waals surface area contributed by atoms with Crippen molar-refractivity contribution in [2.75, 3.05) is 31.1 Å². The van der Waals surface area contributed by atoms with Crippen molar-refractivity contribution < 1.29 is 13.2 Å². The summed E-state index contributed by atoms with van der Waals surface area (Å²) < 4.78 is 40.4. The molecule has 2 saturated heterocycles. The van der Waals surface area contributed by atoms with Gasteiger partial charge in [-0.15, -0.1) is 11.3 Å². The second-order valence-corrected chi connectivity index (χ2v) is 10.7. The van der Waals surface area contributed by atoms with E-state index in [2.05, 4.69) is 44.9 Å². The zero-order chi connectivity index (χ0) is 22.7. The predicted octanol–water partition coefficient (Wildman–Crippen LogP) is 4.44. The fourth-order valence-corrected chi connectivity index (χ4v) is 6.45. The van der Waals surface area contributed by atoms with E-state index in [0.717, 1.165) is 55.1 Å². The number of fused-ring (bicyclic) bond motifs is 1. The number of aryl methyl sites for hydroxylation is 1. The van der Waals surface area contributed by atoms with Gasteiger partial charge in [-0.25, -0.2) is 9.97 Å². The molecule has 6 nitrogen and oxygen atoms in total. The van der Waals surface area contributed by atoms with E-state index in [0.29, 0.717) is 16.8 Å². The summed E-state index contributed by atoms with van der Waals surface area (Å²) in [5.74, 6) is 1.25. The van der Waals surface area contributed by atoms with E-state index in [-0.39, 0.29) is 10.3 Å². The summed E-state index contributed by atoms with van der Waals surface area (Å²) >= 11 is 1.11. The van der Waals surface area contributed by atoms with Gasteiger partial charge >= 0.3 is 6.18 Å². The third kappa shape index (κ3) is 3.98. The smallest absolute Gasteiger partial charge is 0.355 e. The molecular weight excluding hydrogens is 437 g/mol. The van der Waals surface area contributed by atoms with E-state index in [1.807, 2.05) is 17.9 Å². The third-order valence-electron chi connectivity index (χ3n) is 6.64. The number of hydrogen-bond acceptors (Lipinski definition) is 6. The highest BCUT2D eigenvalue weighted by Gasteiger charge is 2.50. The lowest BCUT2D eigenvalue weighted by molar-refractivity contribution is -0.126. The number of likely N-dealkylation sites (tertiary alicyclic amines) is 1. The van der Waals surface area contributed by atoms with Gasteiger partial charge in [-0.1, -0.05) is 13.8 Å². The second-order valence-electron chi connectivity index (χ2n) is 9.63. The van der Waals surface area contributed by atoms with Crippen molar-refractivity contribution in [2.24, 2.45) is 18.4 Å². The molecule has 3 aromatic heterocycles. The Morgan fingerprint density at radius 1 is 1.19 bits per heavy atom. The summed E-state index contributed by atoms with van der Waals surface area (Å²) in [5.41, 5.74) is 1.46. The molecule has 2 aliphatic rings. The number of halogens is 3. The number of alkyl halides is 3. The molecule has 3 aromatic rings. The monoisotopic (exact) mass is 464 g/mol. The molecule has 0 unspecified atom stereocenters. The molecule has 0 amide bonds. The van der Waals surface area contributed by atoms with Crippen molar-refractivity contribution in [3.05, 3.63) is 35.2 Å². The van der Waals surface area contributed by atoms with Gasteiger partial charge in [0, 0.05) is 61.3 Å². The molecule has 172 valence electrons. The van der Waals surface area contributed by atoms with Gasteiger partial charge in [0.25, 0.3) is 0 Å². The van der Waals surface area contributed by atoms with Crippen molar-refractivity contribution in [2.45, 2.75) is 38.9 Å². The van der Waals surface area contributed by atoms with E-state index < -0.39 is 12.6 Å². The van der Waals surface area contributed by atoms with Crippen LogP contribution in [0.5, 0.6) is 0 Å². The Morgan fingerprint density at radius 2 is 1.97 bits per heavy atom. The number of thiophene rings is 1. The molecule has 1 spiro atoms. The molecule has 10 heteroatoms. The molecule has 0 aromatic carbocycles. The van der Waals surface area contributed by atoms with E-state index in [9.17, 15) is 13.2 Å². The first-order valence-corrected chi connectivity index (χ1v) is 11.7. The molecule has 0 bridgehead atoms. The van der Waals surface area contributed by atoms with Gasteiger partial charge in [0.2, 0.25) is 0 Å². The maximum Gasteiger partial charge on any atom is 0.393 e. The summed E-state index contributed by atoms with van der Waals surface area (Å²) in [5, 5.41) is 5.09. The molecule has 5 rings (SSSR count). The lowest BCUT2D eigenvalue weighted by Gasteiger charge is -2.52. The van der Waals surface area contributed by atoms with Crippen LogP contribution in [0.25, 0.3) is 10.2 Å². The lowest BCUT2D eigenvalue weighted by atomic mass is 9.76. The zero-order valence-corrected chi connectivity index (χ0v) is 19.2. The van der Waals surface area contributed by atoms with Crippen molar-refractivity contribution in [1.29, 1.82) is 0 Å². The minimum atomic E-state index is -4.22. The number of hydrogen-bond donors (Lipinski definition) is 0. The summed E-state index contributed by atoms with van der Waals surface area (Å²) in [4.78, 5) is 14.4. The average Bonchev–Trinajstić information content (AvgIpc) is 3.37. The molecular formula is C22H27F3N6S. The molecule has 0 radical (unpaired) electrons. The van der Waals surface area contributed by atoms with Crippen molar-refractivity contribution in [3.63, 3.8) is 0 Å². The SMILES string of the molecule is CC(C)[C@H](c1cnn(C)c1)N1CC2(CCN(c3ncnc4sc(CC(F)(F)F)cc34)C2)C1. The molecule has 1 atom stereocenters. The highest BCUT2D eigenvalue weighted by molar-refractivity contribution is 7.18. The van der Waals surface area contributed by atoms with Crippen LogP contribution < -0.4 is 4.90 Å². The van der Waals surface area contributed by atoms with Gasteiger partial charge < -0.3 is 4.90 Å². The van der Waals surface area contributed by atoms with Crippen LogP contribution >= 0.6 is 11.3 Å². The Labute approximate surface area is 189 Å². The molecule has 0 aliphatic carbocycles. The van der Waals surface area contributed by atoms with Crippen LogP contribution in [0.15, 0.2) is 24.8 Å². The van der Waals surface area contributed by atoms with Crippen LogP contribution in [0.2, 0.25) is 0 Å². The van der Waals surface area contributed by atoms with E-state index in [1.165, 1.54) is 11.9 Å². The summed E-state index contributed by atoms with van der Waals surface area (Å²) in [7, 11) is 1.94. The number of aromatic nitrogens is 4. The third-order valence-corrected chi connectivity index (χ3v) is 7.68. The highest BCUT2D eigenvalue weighted by atomic mass is 32.1. The lowest BCUT2D eigenvalue weighted by Crippen LogP contribution is -2.59. The number of anilines is 1. The van der Waals surface area contributed by atoms with Crippen LogP contribution in [0, 0.1) is 11.3 Å². The summed E-state index contributed by atoms with van der Waals surface area (Å²) in [6.07, 6.45) is 1.46. The van der Waals surface area contributed by atoms with Crippen LogP contribution in [0.4, 0.5) is 19.0 Å². The Balaban J connectivity index is 1.32. The van der Waals surface area contributed by atoms with Gasteiger partial charge in [0.15, 0.2) is 0 Å². The van der Waals surface area contributed by atoms with Gasteiger partial charge in [-0.2, -0.15) is 18.3 Å². The highest BCUT2D eigenvalue weighted by Crippen LogP contribution is 2.47. The molecule has 32 heavy (non-hydrogen) atoms. The Hall–Kier alpha value is -2.20. The van der Waals surface area contributed by atoms with Crippen LogP contribution in [-0.4, -0.2) is 57.0 Å². The first-order valence-electron chi connectivity index (χ1n) is 10.9. The minimum Gasteiger partial charge on any atom is -0.355 e. The molecule has 0 saturated carbocycles. The van der Waals surface area contributed by atoms with Gasteiger partial charge in [0.05, 0.1) is 18.0 Å². The first-order chi connectivity index (χ1) is 15.1. The quantitative estimate of drug-likeness (QED) is 0.559. The average molecular weight is 465 g/mol. The van der Waals surface area contributed by atoms with Crippen LogP contribution in [0.1, 0.15) is 36.8 Å². The maximum atomic E-state index is 12.9. The molecule has 2 aliphatic heterocycles. The van der Waals surface area contributed by atoms with Gasteiger partial charge in [-0.05, 0) is 18.4 Å². The predicted molar refractivity (Wildman–Crippen MR) is 119 cm³/mol. The molecule has 2 fully saturated rings. The molecule has 0 N–H and O–H groups in total. The van der Waals surface area contributed by atoms with Crippen molar-refractivity contribution in [1.82, 2.24) is 24.6 Å². The van der Waals surface area contributed by atoms with Crippen molar-refractivity contribution in [3.8, 4) is 0 Å². The van der Waals surface area contributed by atoms with Crippen LogP contribution in [0.3, 0.4) is 0 Å². The Bertz CT molecular complexity index is 1110. The van der Waals surface area contributed by atoms with E-state index in [1.54, 1.807) is 6.07 Å². The largest absolute Gasteiger partial charge is 0.393 e. The topological polar surface area (TPSA) is 50.1 Å². The first kappa shape index (κ1) is 21.6. The fourth-order valence-electron chi connectivity index (χ4n) is 5.43. The second kappa shape index (κ2) is 7.69. The van der Waals surface area contributed by atoms with Gasteiger partial charge in [-0.3, -0.25) is 9.58 Å². The van der Waals surface area contributed by atoms with E-state index in [4.69, 9.17) is 0 Å². The Morgan fingerprint density at radius 3 is 2.62 bits per heavy atom. The fraction of sp³-hybridized carbons (Fsp3) is 0.591. The number of nitrogens with zero attached hydrogens (tertiary/aromatic N) is 6. The van der Waals surface area contributed by atoms with Crippen LogP contribution in [-0.2, 0) is 13.5 Å². The minimum absolute atomic E-state index is 0.206. The van der Waals surface area contributed by atoms with Gasteiger partial charge in [0.1, 0.15) is 17.0 Å². The Kier molecular flexibility index (Phi) is 5.20.